The van der Waals surface area contributed by atoms with E-state index in [0.717, 1.165) is 6.42 Å². The molecule has 3 fully saturated rings. The quantitative estimate of drug-likeness (QED) is 0.111. The third-order valence-electron chi connectivity index (χ3n) is 8.89. The Balaban J connectivity index is 1.50. The van der Waals surface area contributed by atoms with Crippen molar-refractivity contribution >= 4 is 35.5 Å². The number of aliphatic carboxylic acids is 1. The molecule has 0 saturated carbocycles. The van der Waals surface area contributed by atoms with Crippen molar-refractivity contribution in [2.75, 3.05) is 26.2 Å². The highest BCUT2D eigenvalue weighted by molar-refractivity contribution is 5.97. The Kier molecular flexibility index (Phi) is 12.1. The molecule has 3 saturated heterocycles. The van der Waals surface area contributed by atoms with E-state index in [4.69, 9.17) is 0 Å². The van der Waals surface area contributed by atoms with Crippen LogP contribution < -0.4 is 21.3 Å². The summed E-state index contributed by atoms with van der Waals surface area (Å²) < 4.78 is 0. The molecule has 1 aromatic carbocycles. The van der Waals surface area contributed by atoms with Crippen molar-refractivity contribution in [1.29, 1.82) is 0 Å². The fraction of sp³-hybridized carbons (Fsp3) is 0.613. The summed E-state index contributed by atoms with van der Waals surface area (Å²) in [4.78, 5) is 81.2. The van der Waals surface area contributed by atoms with Gasteiger partial charge in [-0.25, -0.2) is 4.79 Å². The van der Waals surface area contributed by atoms with Crippen LogP contribution in [0.1, 0.15) is 51.0 Å². The second kappa shape index (κ2) is 16.0. The summed E-state index contributed by atoms with van der Waals surface area (Å²) in [7, 11) is 0. The number of phenols is 1. The van der Waals surface area contributed by atoms with Crippen LogP contribution in [0, 0.1) is 0 Å². The molecular formula is C31H44N6O10. The molecule has 0 aliphatic carbocycles. The molecule has 3 aliphatic rings. The number of carboxylic acid groups (broad SMARTS) is 1. The van der Waals surface area contributed by atoms with Crippen LogP contribution in [0.15, 0.2) is 24.3 Å². The zero-order valence-corrected chi connectivity index (χ0v) is 26.3. The number of amides is 5. The van der Waals surface area contributed by atoms with Crippen LogP contribution in [0.5, 0.6) is 5.75 Å². The summed E-state index contributed by atoms with van der Waals surface area (Å²) >= 11 is 0. The van der Waals surface area contributed by atoms with Gasteiger partial charge in [0, 0.05) is 19.5 Å². The Hall–Kier alpha value is -4.28. The first kappa shape index (κ1) is 35.6. The van der Waals surface area contributed by atoms with Crippen LogP contribution in [0.25, 0.3) is 0 Å². The molecule has 1 aromatic rings. The van der Waals surface area contributed by atoms with Gasteiger partial charge in [-0.05, 0) is 69.7 Å². The molecule has 16 heteroatoms. The first-order chi connectivity index (χ1) is 22.4. The minimum absolute atomic E-state index is 0.00164. The topological polar surface area (TPSA) is 238 Å². The largest absolute Gasteiger partial charge is 0.508 e. The molecule has 47 heavy (non-hydrogen) atoms. The lowest BCUT2D eigenvalue weighted by atomic mass is 10.0. The smallest absolute Gasteiger partial charge is 0.328 e. The monoisotopic (exact) mass is 660 g/mol. The van der Waals surface area contributed by atoms with Gasteiger partial charge in [0.05, 0.1) is 18.8 Å². The van der Waals surface area contributed by atoms with E-state index in [-0.39, 0.29) is 31.7 Å². The predicted octanol–water partition coefficient (Wildman–Crippen LogP) is -2.42. The molecular weight excluding hydrogens is 616 g/mol. The summed E-state index contributed by atoms with van der Waals surface area (Å²) in [6, 6.07) is -0.536. The number of hydrogen-bond acceptors (Lipinski definition) is 10. The van der Waals surface area contributed by atoms with E-state index in [0.29, 0.717) is 37.8 Å². The molecule has 0 radical (unpaired) electrons. The Morgan fingerprint density at radius 1 is 0.872 bits per heavy atom. The molecule has 0 bridgehead atoms. The van der Waals surface area contributed by atoms with Crippen molar-refractivity contribution < 1.29 is 49.2 Å². The number of nitrogens with zero attached hydrogens (tertiary/aromatic N) is 2. The maximum atomic E-state index is 14.1. The molecule has 0 aromatic heterocycles. The van der Waals surface area contributed by atoms with Gasteiger partial charge in [0.15, 0.2) is 6.04 Å². The zero-order chi connectivity index (χ0) is 34.2. The Bertz CT molecular complexity index is 1320. The van der Waals surface area contributed by atoms with Gasteiger partial charge in [-0.2, -0.15) is 0 Å². The summed E-state index contributed by atoms with van der Waals surface area (Å²) in [5.74, 6) is -4.45. The summed E-state index contributed by atoms with van der Waals surface area (Å²) in [5.41, 5.74) is 0.589. The number of aliphatic hydroxyl groups excluding tert-OH is 2. The van der Waals surface area contributed by atoms with Gasteiger partial charge in [0.25, 0.3) is 0 Å². The van der Waals surface area contributed by atoms with Gasteiger partial charge in [-0.1, -0.05) is 12.1 Å². The van der Waals surface area contributed by atoms with Crippen LogP contribution in [-0.2, 0) is 35.2 Å². The average molecular weight is 661 g/mol. The fourth-order valence-electron chi connectivity index (χ4n) is 6.33. The highest BCUT2D eigenvalue weighted by atomic mass is 16.4. The third kappa shape index (κ3) is 8.75. The molecule has 3 aliphatic heterocycles. The lowest BCUT2D eigenvalue weighted by Gasteiger charge is -2.33. The molecule has 5 amide bonds. The first-order valence-electron chi connectivity index (χ1n) is 16.0. The van der Waals surface area contributed by atoms with Crippen LogP contribution >= 0.6 is 0 Å². The van der Waals surface area contributed by atoms with Crippen LogP contribution in [0.2, 0.25) is 0 Å². The van der Waals surface area contributed by atoms with E-state index >= 15 is 0 Å². The number of hydrogen-bond donors (Lipinski definition) is 8. The summed E-state index contributed by atoms with van der Waals surface area (Å²) in [6.45, 7) is 1.57. The molecule has 8 N–H and O–H groups in total. The lowest BCUT2D eigenvalue weighted by molar-refractivity contribution is -0.149. The summed E-state index contributed by atoms with van der Waals surface area (Å²) in [6.07, 6.45) is 1.49. The lowest BCUT2D eigenvalue weighted by Crippen LogP contribution is -2.60. The number of likely N-dealkylation sites (tertiary alicyclic amines) is 2. The van der Waals surface area contributed by atoms with Crippen LogP contribution in [-0.4, -0.2) is 134 Å². The highest BCUT2D eigenvalue weighted by Crippen LogP contribution is 2.26. The van der Waals surface area contributed by atoms with Gasteiger partial charge >= 0.3 is 5.97 Å². The van der Waals surface area contributed by atoms with Crippen molar-refractivity contribution in [3.8, 4) is 5.75 Å². The standard InChI is InChI=1S/C31H44N6O10/c1-17(39)25(31(46)47)35-28(43)23-6-3-13-36(23)30(45)24-7-4-14-37(24)29(44)21(15-18-8-10-19(40)11-9-18)33-27(42)22(16-38)34-26(41)20-5-2-12-32-20/h8-11,17,20-25,32,38-40H,2-7,12-16H2,1H3,(H,33,42)(H,34,41)(H,35,43)(H,46,47)/t17-,20+,21+,22+,23+,24+,25+/m1/s1. The third-order valence-corrected chi connectivity index (χ3v) is 8.89. The number of carboxylic acids is 1. The molecule has 16 nitrogen and oxygen atoms in total. The highest BCUT2D eigenvalue weighted by Gasteiger charge is 2.44. The normalized spacial score (nSPS) is 23.4. The molecule has 3 heterocycles. The van der Waals surface area contributed by atoms with Gasteiger partial charge in [-0.15, -0.1) is 0 Å². The number of carbonyl (C=O) groups is 6. The van der Waals surface area contributed by atoms with Crippen molar-refractivity contribution in [3.63, 3.8) is 0 Å². The van der Waals surface area contributed by atoms with E-state index in [1.165, 1.54) is 28.9 Å². The minimum atomic E-state index is -1.56. The second-order valence-corrected chi connectivity index (χ2v) is 12.3. The van der Waals surface area contributed by atoms with Gasteiger partial charge < -0.3 is 51.5 Å². The van der Waals surface area contributed by atoms with Crippen molar-refractivity contribution in [2.45, 2.75) is 94.2 Å². The van der Waals surface area contributed by atoms with Crippen LogP contribution in [0.4, 0.5) is 0 Å². The molecule has 0 spiro atoms. The van der Waals surface area contributed by atoms with Gasteiger partial charge in [0.2, 0.25) is 29.5 Å². The van der Waals surface area contributed by atoms with E-state index in [1.807, 2.05) is 0 Å². The number of phenolic OH excluding ortho intramolecular Hbond substituents is 1. The number of aromatic hydroxyl groups is 1. The molecule has 258 valence electrons. The van der Waals surface area contributed by atoms with Gasteiger partial charge in [0.1, 0.15) is 29.9 Å². The number of benzene rings is 1. The second-order valence-electron chi connectivity index (χ2n) is 12.3. The van der Waals surface area contributed by atoms with E-state index in [9.17, 15) is 49.2 Å². The number of aliphatic hydroxyl groups is 2. The minimum Gasteiger partial charge on any atom is -0.508 e. The van der Waals surface area contributed by atoms with Crippen molar-refractivity contribution in [1.82, 2.24) is 31.1 Å². The zero-order valence-electron chi connectivity index (χ0n) is 26.3. The number of rotatable bonds is 13. The van der Waals surface area contributed by atoms with Crippen LogP contribution in [0.3, 0.4) is 0 Å². The van der Waals surface area contributed by atoms with E-state index in [2.05, 4.69) is 21.3 Å². The Morgan fingerprint density at radius 3 is 2.13 bits per heavy atom. The number of nitrogens with one attached hydrogen (secondary N) is 4. The molecule has 7 atom stereocenters. The maximum Gasteiger partial charge on any atom is 0.328 e. The maximum absolute atomic E-state index is 14.1. The van der Waals surface area contributed by atoms with Crippen molar-refractivity contribution in [3.05, 3.63) is 29.8 Å². The predicted molar refractivity (Wildman–Crippen MR) is 164 cm³/mol. The Morgan fingerprint density at radius 2 is 1.53 bits per heavy atom. The first-order valence-corrected chi connectivity index (χ1v) is 16.0. The Labute approximate surface area is 271 Å². The van der Waals surface area contributed by atoms with Crippen molar-refractivity contribution in [2.24, 2.45) is 0 Å². The van der Waals surface area contributed by atoms with E-state index in [1.54, 1.807) is 12.1 Å². The SMILES string of the molecule is C[C@@H](O)[C@H](NC(=O)[C@@H]1CCCN1C(=O)[C@@H]1CCCN1C(=O)[C@H](Cc1ccc(O)cc1)NC(=O)[C@H](CO)NC(=O)[C@@H]1CCCN1)C(=O)O. The summed E-state index contributed by atoms with van der Waals surface area (Å²) in [5, 5.41) is 49.3. The van der Waals surface area contributed by atoms with E-state index < -0.39 is 84.5 Å². The molecule has 4 rings (SSSR count). The average Bonchev–Trinajstić information content (AvgIpc) is 3.84. The van der Waals surface area contributed by atoms with Gasteiger partial charge in [-0.3, -0.25) is 24.0 Å². The molecule has 0 unspecified atom stereocenters. The fourth-order valence-corrected chi connectivity index (χ4v) is 6.33. The number of carbonyl (C=O) groups excluding carboxylic acids is 5.